The Bertz CT molecular complexity index is 837. The van der Waals surface area contributed by atoms with E-state index in [2.05, 4.69) is 5.10 Å². The van der Waals surface area contributed by atoms with Crippen molar-refractivity contribution in [1.29, 1.82) is 0 Å². The molecule has 0 unspecified atom stereocenters. The van der Waals surface area contributed by atoms with Crippen molar-refractivity contribution < 1.29 is 4.79 Å². The summed E-state index contributed by atoms with van der Waals surface area (Å²) in [7, 11) is 0. The first-order valence-corrected chi connectivity index (χ1v) is 7.81. The molecule has 1 amide bonds. The number of fused-ring (bicyclic) bond motifs is 1. The average Bonchev–Trinajstić information content (AvgIpc) is 2.57. The molecule has 2 aromatic rings. The fraction of sp³-hybridized carbons (Fsp3) is 0.438. The van der Waals surface area contributed by atoms with E-state index in [1.54, 1.807) is 29.2 Å². The molecule has 2 heterocycles. The number of benzene rings is 1. The zero-order chi connectivity index (χ0) is 16.4. The second-order valence-electron chi connectivity index (χ2n) is 5.91. The molecule has 0 aliphatic carbocycles. The van der Waals surface area contributed by atoms with Crippen LogP contribution >= 0.6 is 12.4 Å². The molecule has 1 aromatic heterocycles. The van der Waals surface area contributed by atoms with Crippen molar-refractivity contribution in [2.75, 3.05) is 13.1 Å². The fourth-order valence-corrected chi connectivity index (χ4v) is 2.92. The maximum absolute atomic E-state index is 12.4. The number of rotatable bonds is 3. The zero-order valence-electron chi connectivity index (χ0n) is 13.2. The highest BCUT2D eigenvalue weighted by molar-refractivity contribution is 5.85. The lowest BCUT2D eigenvalue weighted by atomic mass is 10.1. The van der Waals surface area contributed by atoms with E-state index >= 15 is 0 Å². The smallest absolute Gasteiger partial charge is 0.273 e. The lowest BCUT2D eigenvalue weighted by Crippen LogP contribution is -2.43. The van der Waals surface area contributed by atoms with Gasteiger partial charge in [0.25, 0.3) is 11.1 Å². The van der Waals surface area contributed by atoms with Crippen LogP contribution in [0.15, 0.2) is 33.9 Å². The van der Waals surface area contributed by atoms with Crippen LogP contribution in [0.25, 0.3) is 10.8 Å². The van der Waals surface area contributed by atoms with Gasteiger partial charge >= 0.3 is 0 Å². The van der Waals surface area contributed by atoms with E-state index in [-0.39, 0.29) is 48.4 Å². The predicted octanol–water partition coefficient (Wildman–Crippen LogP) is 0.451. The lowest BCUT2D eigenvalue weighted by molar-refractivity contribution is -0.132. The molecule has 24 heavy (non-hydrogen) atoms. The van der Waals surface area contributed by atoms with Gasteiger partial charge in [-0.25, -0.2) is 4.68 Å². The number of aromatic nitrogens is 2. The van der Waals surface area contributed by atoms with Crippen LogP contribution < -0.4 is 16.9 Å². The standard InChI is InChI=1S/C16H20N4O3.ClH/c17-11-5-8-19(9-6-11)14(21)7-10-20-16(23)13-4-2-1-3-12(13)15(22)18-20;/h1-4,11H,5-10,17H2,(H,18,22);1H. The largest absolute Gasteiger partial charge is 0.343 e. The summed E-state index contributed by atoms with van der Waals surface area (Å²) in [4.78, 5) is 38.4. The third kappa shape index (κ3) is 3.68. The third-order valence-electron chi connectivity index (χ3n) is 4.33. The maximum atomic E-state index is 12.4. The van der Waals surface area contributed by atoms with Crippen molar-refractivity contribution in [2.45, 2.75) is 31.8 Å². The molecule has 1 aromatic carbocycles. The number of likely N-dealkylation sites (tertiary alicyclic amines) is 1. The van der Waals surface area contributed by atoms with Gasteiger partial charge in [0.1, 0.15) is 0 Å². The first-order chi connectivity index (χ1) is 11.1. The Morgan fingerprint density at radius 1 is 1.17 bits per heavy atom. The topological polar surface area (TPSA) is 101 Å². The summed E-state index contributed by atoms with van der Waals surface area (Å²) >= 11 is 0. The molecular weight excluding hydrogens is 332 g/mol. The summed E-state index contributed by atoms with van der Waals surface area (Å²) < 4.78 is 1.22. The highest BCUT2D eigenvalue weighted by atomic mass is 35.5. The Balaban J connectivity index is 0.00000208. The van der Waals surface area contributed by atoms with Crippen molar-refractivity contribution in [3.05, 3.63) is 45.0 Å². The molecule has 0 saturated carbocycles. The summed E-state index contributed by atoms with van der Waals surface area (Å²) in [5, 5.41) is 3.28. The van der Waals surface area contributed by atoms with Crippen molar-refractivity contribution in [3.8, 4) is 0 Å². The molecule has 0 radical (unpaired) electrons. The molecule has 0 bridgehead atoms. The van der Waals surface area contributed by atoms with Gasteiger partial charge in [0.2, 0.25) is 5.91 Å². The van der Waals surface area contributed by atoms with Crippen LogP contribution in [0, 0.1) is 0 Å². The molecular formula is C16H21ClN4O3. The Kier molecular flexibility index (Phi) is 5.80. The van der Waals surface area contributed by atoms with Crippen LogP contribution in [0.1, 0.15) is 19.3 Å². The average molecular weight is 353 g/mol. The Hall–Kier alpha value is -2.12. The monoisotopic (exact) mass is 352 g/mol. The predicted molar refractivity (Wildman–Crippen MR) is 94.5 cm³/mol. The molecule has 0 spiro atoms. The minimum Gasteiger partial charge on any atom is -0.343 e. The van der Waals surface area contributed by atoms with Gasteiger partial charge in [-0.2, -0.15) is 0 Å². The van der Waals surface area contributed by atoms with Gasteiger partial charge in [0, 0.05) is 25.6 Å². The lowest BCUT2D eigenvalue weighted by Gasteiger charge is -2.30. The van der Waals surface area contributed by atoms with Crippen LogP contribution in [0.2, 0.25) is 0 Å². The van der Waals surface area contributed by atoms with Crippen LogP contribution in [0.4, 0.5) is 0 Å². The van der Waals surface area contributed by atoms with E-state index in [1.165, 1.54) is 4.68 Å². The molecule has 0 atom stereocenters. The fourth-order valence-electron chi connectivity index (χ4n) is 2.92. The van der Waals surface area contributed by atoms with E-state index in [1.807, 2.05) is 0 Å². The molecule has 3 rings (SSSR count). The summed E-state index contributed by atoms with van der Waals surface area (Å²) in [5.41, 5.74) is 5.22. The number of carbonyl (C=O) groups is 1. The van der Waals surface area contributed by atoms with E-state index in [0.29, 0.717) is 23.9 Å². The first-order valence-electron chi connectivity index (χ1n) is 7.81. The van der Waals surface area contributed by atoms with Gasteiger partial charge in [-0.1, -0.05) is 12.1 Å². The van der Waals surface area contributed by atoms with Gasteiger partial charge in [-0.05, 0) is 25.0 Å². The quantitative estimate of drug-likeness (QED) is 0.837. The third-order valence-corrected chi connectivity index (χ3v) is 4.33. The molecule has 130 valence electrons. The Morgan fingerprint density at radius 3 is 2.46 bits per heavy atom. The number of hydrogen-bond donors (Lipinski definition) is 2. The van der Waals surface area contributed by atoms with Crippen molar-refractivity contribution in [1.82, 2.24) is 14.7 Å². The number of aryl methyl sites for hydroxylation is 1. The second-order valence-corrected chi connectivity index (χ2v) is 5.91. The highest BCUT2D eigenvalue weighted by Crippen LogP contribution is 2.10. The number of piperidine rings is 1. The number of hydrogen-bond acceptors (Lipinski definition) is 4. The summed E-state index contributed by atoms with van der Waals surface area (Å²) in [6.45, 7) is 1.48. The van der Waals surface area contributed by atoms with E-state index in [4.69, 9.17) is 5.73 Å². The van der Waals surface area contributed by atoms with Crippen molar-refractivity contribution >= 4 is 29.1 Å². The molecule has 1 aliphatic heterocycles. The molecule has 1 aliphatic rings. The highest BCUT2D eigenvalue weighted by Gasteiger charge is 2.20. The van der Waals surface area contributed by atoms with Gasteiger partial charge in [0.15, 0.2) is 0 Å². The van der Waals surface area contributed by atoms with E-state index < -0.39 is 0 Å². The van der Waals surface area contributed by atoms with Crippen molar-refractivity contribution in [2.24, 2.45) is 5.73 Å². The summed E-state index contributed by atoms with van der Waals surface area (Å²) in [6, 6.07) is 6.83. The van der Waals surface area contributed by atoms with Crippen LogP contribution in [-0.2, 0) is 11.3 Å². The molecule has 3 N–H and O–H groups in total. The first kappa shape index (κ1) is 18.2. The minimum atomic E-state index is -0.323. The number of halogens is 1. The second kappa shape index (κ2) is 7.63. The van der Waals surface area contributed by atoms with E-state index in [9.17, 15) is 14.4 Å². The molecule has 8 heteroatoms. The van der Waals surface area contributed by atoms with Crippen LogP contribution in [0.3, 0.4) is 0 Å². The summed E-state index contributed by atoms with van der Waals surface area (Å²) in [6.07, 6.45) is 1.79. The zero-order valence-corrected chi connectivity index (χ0v) is 14.1. The summed E-state index contributed by atoms with van der Waals surface area (Å²) in [5.74, 6) is -0.0159. The van der Waals surface area contributed by atoms with Gasteiger partial charge < -0.3 is 10.6 Å². The molecule has 7 nitrogen and oxygen atoms in total. The van der Waals surface area contributed by atoms with Gasteiger partial charge in [0.05, 0.1) is 17.3 Å². The maximum Gasteiger partial charge on any atom is 0.273 e. The number of aromatic amines is 1. The number of nitrogens with one attached hydrogen (secondary N) is 1. The van der Waals surface area contributed by atoms with Gasteiger partial charge in [-0.3, -0.25) is 19.5 Å². The van der Waals surface area contributed by atoms with Crippen molar-refractivity contribution in [3.63, 3.8) is 0 Å². The molecule has 1 fully saturated rings. The van der Waals surface area contributed by atoms with Crippen LogP contribution in [-0.4, -0.2) is 39.7 Å². The number of nitrogens with two attached hydrogens (primary N) is 1. The normalized spacial score (nSPS) is 15.3. The SMILES string of the molecule is Cl.NC1CCN(C(=O)CCn2[nH]c(=O)c3ccccc3c2=O)CC1. The number of carbonyl (C=O) groups excluding carboxylic acids is 1. The van der Waals surface area contributed by atoms with Gasteiger partial charge in [-0.15, -0.1) is 12.4 Å². The Morgan fingerprint density at radius 2 is 1.79 bits per heavy atom. The minimum absolute atomic E-state index is 0. The molecule has 1 saturated heterocycles. The number of H-pyrrole nitrogens is 1. The Labute approximate surface area is 144 Å². The number of amides is 1. The number of nitrogens with zero attached hydrogens (tertiary/aromatic N) is 2. The van der Waals surface area contributed by atoms with Crippen LogP contribution in [0.5, 0.6) is 0 Å². The van der Waals surface area contributed by atoms with E-state index in [0.717, 1.165) is 12.8 Å².